The summed E-state index contributed by atoms with van der Waals surface area (Å²) < 4.78 is 70.6. The van der Waals surface area contributed by atoms with Crippen LogP contribution >= 0.6 is 0 Å². The first-order valence-corrected chi connectivity index (χ1v) is 13.1. The SMILES string of the molecule is C[C@@H]1CN(C[SH](=O)=O)CC[C@@H]1Nc1nc2cnc(-c3cn[nH]c3)c(OCC3(C(F)(F)F)CCC3)n2n1. The lowest BCUT2D eigenvalue weighted by Crippen LogP contribution is -2.48. The van der Waals surface area contributed by atoms with E-state index in [1.807, 2.05) is 11.8 Å². The van der Waals surface area contributed by atoms with Gasteiger partial charge in [-0.25, -0.2) is 13.4 Å². The van der Waals surface area contributed by atoms with Crippen LogP contribution in [0.4, 0.5) is 19.1 Å². The molecule has 1 saturated carbocycles. The molecule has 2 fully saturated rings. The van der Waals surface area contributed by atoms with Crippen LogP contribution in [-0.2, 0) is 10.7 Å². The van der Waals surface area contributed by atoms with Crippen LogP contribution in [0.1, 0.15) is 32.6 Å². The highest BCUT2D eigenvalue weighted by Crippen LogP contribution is 2.53. The Hall–Kier alpha value is -2.94. The largest absolute Gasteiger partial charge is 0.475 e. The number of fused-ring (bicyclic) bond motifs is 1. The molecule has 3 aromatic heterocycles. The molecule has 36 heavy (non-hydrogen) atoms. The van der Waals surface area contributed by atoms with Gasteiger partial charge in [-0.15, -0.1) is 5.10 Å². The van der Waals surface area contributed by atoms with Crippen molar-refractivity contribution >= 4 is 22.3 Å². The number of aromatic amines is 1. The van der Waals surface area contributed by atoms with Gasteiger partial charge in [0.2, 0.25) is 11.8 Å². The molecule has 2 atom stereocenters. The first-order valence-electron chi connectivity index (χ1n) is 11.7. The third-order valence-corrected chi connectivity index (χ3v) is 7.76. The molecule has 4 heterocycles. The maximum Gasteiger partial charge on any atom is 0.397 e. The van der Waals surface area contributed by atoms with Crippen molar-refractivity contribution in [1.82, 2.24) is 34.7 Å². The summed E-state index contributed by atoms with van der Waals surface area (Å²) in [6.07, 6.45) is 1.41. The predicted octanol–water partition coefficient (Wildman–Crippen LogP) is 2.32. The number of piperidine rings is 1. The summed E-state index contributed by atoms with van der Waals surface area (Å²) in [6.45, 7) is 2.69. The summed E-state index contributed by atoms with van der Waals surface area (Å²) in [6, 6.07) is -0.00246. The number of nitrogens with zero attached hydrogens (tertiary/aromatic N) is 6. The van der Waals surface area contributed by atoms with E-state index in [1.54, 1.807) is 6.20 Å². The number of ether oxygens (including phenoxy) is 1. The molecule has 0 unspecified atom stereocenters. The van der Waals surface area contributed by atoms with E-state index in [1.165, 1.54) is 16.9 Å². The third kappa shape index (κ3) is 4.73. The van der Waals surface area contributed by atoms with Crippen molar-refractivity contribution in [2.45, 2.75) is 44.8 Å². The number of nitrogens with one attached hydrogen (secondary N) is 2. The van der Waals surface area contributed by atoms with Crippen molar-refractivity contribution in [3.63, 3.8) is 0 Å². The molecule has 0 aromatic carbocycles. The summed E-state index contributed by atoms with van der Waals surface area (Å²) in [5, 5.41) is 14.4. The highest BCUT2D eigenvalue weighted by atomic mass is 32.2. The maximum absolute atomic E-state index is 13.8. The van der Waals surface area contributed by atoms with Gasteiger partial charge in [-0.1, -0.05) is 13.3 Å². The minimum absolute atomic E-state index is 0.00246. The molecular formula is C21H27F3N8O3S. The van der Waals surface area contributed by atoms with Gasteiger partial charge in [-0.2, -0.15) is 27.8 Å². The number of aromatic nitrogens is 6. The standard InChI is InChI=1S/C21H27F3N8O3S/c1-13-10-31(12-36(33)34)6-3-15(13)28-19-29-16-9-25-17(14-7-26-27-8-14)18(32(16)30-19)35-11-20(4-2-5-20)21(22,23)24/h7-9,13,15,36H,2-6,10-12H2,1H3,(H,26,27)(H,28,30)/t13-,15+/m1/s1. The molecule has 11 nitrogen and oxygen atoms in total. The Kier molecular flexibility index (Phi) is 6.53. The third-order valence-electron chi connectivity index (χ3n) is 7.12. The monoisotopic (exact) mass is 528 g/mol. The summed E-state index contributed by atoms with van der Waals surface area (Å²) in [5.41, 5.74) is -0.715. The van der Waals surface area contributed by atoms with Crippen LogP contribution in [0.2, 0.25) is 0 Å². The average Bonchev–Trinajstić information content (AvgIpc) is 3.43. The second-order valence-electron chi connectivity index (χ2n) is 9.59. The van der Waals surface area contributed by atoms with Gasteiger partial charge >= 0.3 is 6.18 Å². The number of halogens is 3. The van der Waals surface area contributed by atoms with Crippen LogP contribution in [0.3, 0.4) is 0 Å². The second kappa shape index (κ2) is 9.50. The minimum atomic E-state index is -4.37. The van der Waals surface area contributed by atoms with Crippen molar-refractivity contribution in [1.29, 1.82) is 0 Å². The lowest BCUT2D eigenvalue weighted by molar-refractivity contribution is -0.259. The van der Waals surface area contributed by atoms with Crippen LogP contribution in [-0.4, -0.2) is 80.9 Å². The van der Waals surface area contributed by atoms with Crippen molar-refractivity contribution in [2.24, 2.45) is 11.3 Å². The molecule has 0 radical (unpaired) electrons. The van der Waals surface area contributed by atoms with E-state index in [0.717, 1.165) is 0 Å². The molecule has 5 rings (SSSR count). The highest BCUT2D eigenvalue weighted by Gasteiger charge is 2.59. The number of H-pyrrole nitrogens is 1. The minimum Gasteiger partial charge on any atom is -0.475 e. The topological polar surface area (TPSA) is 130 Å². The van der Waals surface area contributed by atoms with E-state index in [4.69, 9.17) is 4.74 Å². The number of thiol groups is 1. The Labute approximate surface area is 206 Å². The van der Waals surface area contributed by atoms with Gasteiger partial charge < -0.3 is 10.1 Å². The molecule has 1 saturated heterocycles. The fourth-order valence-electron chi connectivity index (χ4n) is 4.83. The molecule has 1 aliphatic carbocycles. The van der Waals surface area contributed by atoms with E-state index >= 15 is 0 Å². The van der Waals surface area contributed by atoms with Gasteiger partial charge in [0, 0.05) is 30.9 Å². The van der Waals surface area contributed by atoms with E-state index in [-0.39, 0.29) is 36.6 Å². The zero-order chi connectivity index (χ0) is 25.5. The van der Waals surface area contributed by atoms with E-state index in [2.05, 4.69) is 30.6 Å². The smallest absolute Gasteiger partial charge is 0.397 e. The number of likely N-dealkylation sites (tertiary alicyclic amines) is 1. The molecule has 3 aromatic rings. The summed E-state index contributed by atoms with van der Waals surface area (Å²) in [4.78, 5) is 10.7. The Bertz CT molecular complexity index is 1280. The molecule has 196 valence electrons. The van der Waals surface area contributed by atoms with E-state index in [0.29, 0.717) is 48.8 Å². The Morgan fingerprint density at radius 2 is 2.11 bits per heavy atom. The maximum atomic E-state index is 13.8. The van der Waals surface area contributed by atoms with E-state index in [9.17, 15) is 21.6 Å². The highest BCUT2D eigenvalue weighted by molar-refractivity contribution is 7.72. The fourth-order valence-corrected chi connectivity index (χ4v) is 5.41. The zero-order valence-corrected chi connectivity index (χ0v) is 20.4. The molecule has 1 aliphatic heterocycles. The van der Waals surface area contributed by atoms with Crippen LogP contribution in [0.5, 0.6) is 5.88 Å². The Morgan fingerprint density at radius 3 is 2.72 bits per heavy atom. The van der Waals surface area contributed by atoms with E-state index < -0.39 is 28.9 Å². The van der Waals surface area contributed by atoms with Gasteiger partial charge in [0.05, 0.1) is 18.3 Å². The normalized spacial score (nSPS) is 22.6. The van der Waals surface area contributed by atoms with Crippen molar-refractivity contribution in [3.8, 4) is 17.1 Å². The van der Waals surface area contributed by atoms with Gasteiger partial charge in [-0.3, -0.25) is 10.00 Å². The lowest BCUT2D eigenvalue weighted by atomic mass is 9.69. The molecule has 15 heteroatoms. The summed E-state index contributed by atoms with van der Waals surface area (Å²) in [5.74, 6) is 0.509. The van der Waals surface area contributed by atoms with Crippen LogP contribution in [0.25, 0.3) is 16.9 Å². The predicted molar refractivity (Wildman–Crippen MR) is 124 cm³/mol. The number of hydrogen-bond acceptors (Lipinski definition) is 9. The van der Waals surface area contributed by atoms with Gasteiger partial charge in [0.15, 0.2) is 16.4 Å². The summed E-state index contributed by atoms with van der Waals surface area (Å²) in [7, 11) is -2.48. The van der Waals surface area contributed by atoms with Crippen molar-refractivity contribution in [3.05, 3.63) is 18.6 Å². The van der Waals surface area contributed by atoms with Gasteiger partial charge in [0.25, 0.3) is 0 Å². The number of alkyl halides is 3. The number of rotatable bonds is 8. The molecule has 0 amide bonds. The molecular weight excluding hydrogens is 501 g/mol. The molecule has 2 aliphatic rings. The van der Waals surface area contributed by atoms with Gasteiger partial charge in [0.1, 0.15) is 17.7 Å². The molecule has 0 bridgehead atoms. The van der Waals surface area contributed by atoms with Gasteiger partial charge in [-0.05, 0) is 25.2 Å². The average molecular weight is 529 g/mol. The van der Waals surface area contributed by atoms with Crippen molar-refractivity contribution < 1.29 is 26.3 Å². The first-order chi connectivity index (χ1) is 17.1. The van der Waals surface area contributed by atoms with Crippen LogP contribution in [0, 0.1) is 11.3 Å². The second-order valence-corrected chi connectivity index (χ2v) is 10.5. The zero-order valence-electron chi connectivity index (χ0n) is 19.5. The fraction of sp³-hybridized carbons (Fsp3) is 0.619. The van der Waals surface area contributed by atoms with Crippen LogP contribution < -0.4 is 10.1 Å². The lowest BCUT2D eigenvalue weighted by Gasteiger charge is -2.42. The first kappa shape index (κ1) is 24.7. The Balaban J connectivity index is 1.41. The molecule has 0 spiro atoms. The quantitative estimate of drug-likeness (QED) is 0.377. The number of hydrogen-bond donors (Lipinski definition) is 3. The molecule has 2 N–H and O–H groups in total. The summed E-state index contributed by atoms with van der Waals surface area (Å²) >= 11 is 0. The Morgan fingerprint density at radius 1 is 1.31 bits per heavy atom. The number of anilines is 1. The van der Waals surface area contributed by atoms with Crippen LogP contribution in [0.15, 0.2) is 18.6 Å². The van der Waals surface area contributed by atoms with Crippen molar-refractivity contribution in [2.75, 3.05) is 30.9 Å².